The van der Waals surface area contributed by atoms with E-state index in [0.717, 1.165) is 28.0 Å². The molecule has 0 fully saturated rings. The summed E-state index contributed by atoms with van der Waals surface area (Å²) in [5, 5.41) is 5.07. The van der Waals surface area contributed by atoms with Crippen molar-refractivity contribution in [1.82, 2.24) is 29.2 Å². The minimum Gasteiger partial charge on any atom is -0.273 e. The lowest BCUT2D eigenvalue weighted by Crippen LogP contribution is -2.25. The Balaban J connectivity index is 1.63. The number of hydrogen-bond donors (Lipinski definition) is 1. The Labute approximate surface area is 153 Å². The highest BCUT2D eigenvalue weighted by molar-refractivity contribution is 7.98. The number of amides is 1. The number of aromatic nitrogens is 6. The zero-order chi connectivity index (χ0) is 18.3. The van der Waals surface area contributed by atoms with Crippen molar-refractivity contribution in [2.24, 2.45) is 0 Å². The van der Waals surface area contributed by atoms with Crippen LogP contribution >= 0.6 is 11.8 Å². The molecule has 132 valence electrons. The van der Waals surface area contributed by atoms with E-state index < -0.39 is 0 Å². The fraction of sp³-hybridized carbons (Fsp3) is 0.235. The van der Waals surface area contributed by atoms with Crippen LogP contribution in [-0.2, 0) is 11.2 Å². The van der Waals surface area contributed by atoms with E-state index in [9.17, 15) is 4.79 Å². The molecule has 26 heavy (non-hydrogen) atoms. The summed E-state index contributed by atoms with van der Waals surface area (Å²) in [5.41, 5.74) is 7.04. The summed E-state index contributed by atoms with van der Waals surface area (Å²) in [6, 6.07) is 7.63. The van der Waals surface area contributed by atoms with E-state index in [1.54, 1.807) is 15.5 Å². The maximum Gasteiger partial charge on any atom is 0.253 e. The van der Waals surface area contributed by atoms with Crippen LogP contribution < -0.4 is 5.43 Å². The van der Waals surface area contributed by atoms with Crippen molar-refractivity contribution < 1.29 is 4.79 Å². The third kappa shape index (κ3) is 2.80. The zero-order valence-electron chi connectivity index (χ0n) is 14.6. The molecule has 0 aliphatic heterocycles. The van der Waals surface area contributed by atoms with Crippen LogP contribution in [0.3, 0.4) is 0 Å². The molecule has 4 aromatic rings. The molecule has 9 heteroatoms. The second-order valence-electron chi connectivity index (χ2n) is 5.89. The molecule has 0 spiro atoms. The largest absolute Gasteiger partial charge is 0.273 e. The fourth-order valence-corrected chi connectivity index (χ4v) is 3.25. The van der Waals surface area contributed by atoms with Crippen LogP contribution in [0.4, 0.5) is 0 Å². The van der Waals surface area contributed by atoms with Crippen LogP contribution in [0.25, 0.3) is 16.8 Å². The van der Waals surface area contributed by atoms with Gasteiger partial charge in [0.25, 0.3) is 5.78 Å². The molecule has 0 unspecified atom stereocenters. The van der Waals surface area contributed by atoms with Crippen LogP contribution in [0.5, 0.6) is 0 Å². The molecule has 0 aliphatic carbocycles. The molecule has 4 rings (SSSR count). The average molecular weight is 367 g/mol. The standard InChI is InChI=1S/C17H17N7OS/c1-10-12(11(2)24-16(19-10)20-17(22-24)26-3)8-15(25)21-23-9-18-13-6-4-5-7-14(13)23/h4-7,9H,8H2,1-3H3,(H,21,25). The number of thioether (sulfide) groups is 1. The Morgan fingerprint density at radius 1 is 1.23 bits per heavy atom. The Morgan fingerprint density at radius 3 is 2.85 bits per heavy atom. The molecule has 0 bridgehead atoms. The Morgan fingerprint density at radius 2 is 2.04 bits per heavy atom. The van der Waals surface area contributed by atoms with E-state index in [2.05, 4.69) is 25.5 Å². The minimum absolute atomic E-state index is 0.147. The van der Waals surface area contributed by atoms with Crippen molar-refractivity contribution in [1.29, 1.82) is 0 Å². The zero-order valence-corrected chi connectivity index (χ0v) is 15.4. The number of rotatable bonds is 4. The van der Waals surface area contributed by atoms with Gasteiger partial charge in [-0.25, -0.2) is 19.2 Å². The molecule has 0 saturated carbocycles. The molecule has 0 saturated heterocycles. The predicted octanol–water partition coefficient (Wildman–Crippen LogP) is 2.13. The molecule has 0 radical (unpaired) electrons. The van der Waals surface area contributed by atoms with Gasteiger partial charge in [-0.05, 0) is 32.2 Å². The van der Waals surface area contributed by atoms with Crippen molar-refractivity contribution in [2.75, 3.05) is 11.7 Å². The summed E-state index contributed by atoms with van der Waals surface area (Å²) < 4.78 is 3.32. The highest BCUT2D eigenvalue weighted by Crippen LogP contribution is 2.17. The number of para-hydroxylation sites is 2. The lowest BCUT2D eigenvalue weighted by molar-refractivity contribution is -0.116. The molecular weight excluding hydrogens is 350 g/mol. The summed E-state index contributed by atoms with van der Waals surface area (Å²) in [4.78, 5) is 25.7. The first-order valence-electron chi connectivity index (χ1n) is 8.05. The van der Waals surface area contributed by atoms with Crippen LogP contribution in [-0.4, -0.2) is 41.4 Å². The maximum atomic E-state index is 12.6. The monoisotopic (exact) mass is 367 g/mol. The summed E-state index contributed by atoms with van der Waals surface area (Å²) in [6.45, 7) is 3.81. The van der Waals surface area contributed by atoms with E-state index in [4.69, 9.17) is 0 Å². The summed E-state index contributed by atoms with van der Waals surface area (Å²) in [5.74, 6) is 0.403. The van der Waals surface area contributed by atoms with Crippen molar-refractivity contribution in [3.8, 4) is 0 Å². The van der Waals surface area contributed by atoms with Gasteiger partial charge < -0.3 is 0 Å². The van der Waals surface area contributed by atoms with Gasteiger partial charge in [0.2, 0.25) is 11.1 Å². The molecule has 1 N–H and O–H groups in total. The van der Waals surface area contributed by atoms with Gasteiger partial charge in [-0.15, -0.1) is 5.10 Å². The topological polar surface area (TPSA) is 90.0 Å². The number of benzene rings is 1. The minimum atomic E-state index is -0.147. The number of hydrogen-bond acceptors (Lipinski definition) is 6. The molecular formula is C17H17N7OS. The van der Waals surface area contributed by atoms with E-state index >= 15 is 0 Å². The van der Waals surface area contributed by atoms with Crippen molar-refractivity contribution >= 4 is 34.5 Å². The van der Waals surface area contributed by atoms with Gasteiger partial charge in [-0.2, -0.15) is 4.98 Å². The Hall–Kier alpha value is -2.94. The normalized spacial score (nSPS) is 11.3. The van der Waals surface area contributed by atoms with Crippen molar-refractivity contribution in [2.45, 2.75) is 25.4 Å². The molecule has 0 atom stereocenters. The van der Waals surface area contributed by atoms with Gasteiger partial charge in [0.05, 0.1) is 17.5 Å². The molecule has 3 heterocycles. The number of imidazole rings is 1. The van der Waals surface area contributed by atoms with Gasteiger partial charge >= 0.3 is 0 Å². The van der Waals surface area contributed by atoms with Crippen LogP contribution in [0.15, 0.2) is 35.7 Å². The summed E-state index contributed by atoms with van der Waals surface area (Å²) in [7, 11) is 0. The number of aryl methyl sites for hydroxylation is 2. The Bertz CT molecular complexity index is 1130. The summed E-state index contributed by atoms with van der Waals surface area (Å²) >= 11 is 1.46. The first-order chi connectivity index (χ1) is 12.6. The predicted molar refractivity (Wildman–Crippen MR) is 99.8 cm³/mol. The third-order valence-electron chi connectivity index (χ3n) is 4.25. The average Bonchev–Trinajstić information content (AvgIpc) is 3.23. The SMILES string of the molecule is CSc1nc2nc(C)c(CC(=O)Nn3cnc4ccccc43)c(C)n2n1. The quantitative estimate of drug-likeness (QED) is 0.556. The van der Waals surface area contributed by atoms with Gasteiger partial charge in [-0.1, -0.05) is 23.9 Å². The summed E-state index contributed by atoms with van der Waals surface area (Å²) in [6.07, 6.45) is 3.72. The fourth-order valence-electron chi connectivity index (χ4n) is 2.92. The lowest BCUT2D eigenvalue weighted by Gasteiger charge is -2.11. The molecule has 8 nitrogen and oxygen atoms in total. The number of fused-ring (bicyclic) bond motifs is 2. The Kier molecular flexibility index (Phi) is 4.08. The van der Waals surface area contributed by atoms with Gasteiger partial charge in [0, 0.05) is 17.0 Å². The molecule has 1 amide bonds. The highest BCUT2D eigenvalue weighted by atomic mass is 32.2. The number of nitrogens with zero attached hydrogens (tertiary/aromatic N) is 6. The number of carbonyl (C=O) groups excluding carboxylic acids is 1. The van der Waals surface area contributed by atoms with Crippen LogP contribution in [0.2, 0.25) is 0 Å². The molecule has 1 aromatic carbocycles. The number of nitrogens with one attached hydrogen (secondary N) is 1. The van der Waals surface area contributed by atoms with Gasteiger partial charge in [0.1, 0.15) is 6.33 Å². The van der Waals surface area contributed by atoms with E-state index in [1.165, 1.54) is 11.8 Å². The van der Waals surface area contributed by atoms with Gasteiger partial charge in [0.15, 0.2) is 0 Å². The van der Waals surface area contributed by atoms with E-state index in [-0.39, 0.29) is 12.3 Å². The van der Waals surface area contributed by atoms with E-state index in [0.29, 0.717) is 10.9 Å². The molecule has 0 aliphatic rings. The molecule has 3 aromatic heterocycles. The van der Waals surface area contributed by atoms with Gasteiger partial charge in [-0.3, -0.25) is 10.2 Å². The second kappa shape index (κ2) is 6.41. The second-order valence-corrected chi connectivity index (χ2v) is 6.66. The van der Waals surface area contributed by atoms with Crippen LogP contribution in [0, 0.1) is 13.8 Å². The van der Waals surface area contributed by atoms with Crippen LogP contribution in [0.1, 0.15) is 17.0 Å². The van der Waals surface area contributed by atoms with E-state index in [1.807, 2.05) is 44.4 Å². The smallest absolute Gasteiger partial charge is 0.253 e. The first kappa shape index (κ1) is 16.5. The lowest BCUT2D eigenvalue weighted by atomic mass is 10.1. The highest BCUT2D eigenvalue weighted by Gasteiger charge is 2.16. The maximum absolute atomic E-state index is 12.6. The third-order valence-corrected chi connectivity index (χ3v) is 4.79. The number of carbonyl (C=O) groups is 1. The first-order valence-corrected chi connectivity index (χ1v) is 9.28. The van der Waals surface area contributed by atoms with Crippen molar-refractivity contribution in [3.05, 3.63) is 47.5 Å². The van der Waals surface area contributed by atoms with Crippen molar-refractivity contribution in [3.63, 3.8) is 0 Å².